The van der Waals surface area contributed by atoms with E-state index in [-0.39, 0.29) is 17.1 Å². The van der Waals surface area contributed by atoms with Crippen LogP contribution >= 0.6 is 0 Å². The van der Waals surface area contributed by atoms with Crippen molar-refractivity contribution in [2.75, 3.05) is 5.73 Å². The van der Waals surface area contributed by atoms with E-state index in [0.717, 1.165) is 18.2 Å². The fraction of sp³-hybridized carbons (Fsp3) is 0.182. The van der Waals surface area contributed by atoms with Crippen LogP contribution in [0.2, 0.25) is 0 Å². The fourth-order valence-electron chi connectivity index (χ4n) is 1.52. The molecule has 0 amide bonds. The summed E-state index contributed by atoms with van der Waals surface area (Å²) in [5, 5.41) is 3.93. The molecule has 0 spiro atoms. The Bertz CT molecular complexity index is 696. The van der Waals surface area contributed by atoms with Crippen LogP contribution in [0.25, 0.3) is 0 Å². The van der Waals surface area contributed by atoms with Crippen LogP contribution in [0.5, 0.6) is 0 Å². The summed E-state index contributed by atoms with van der Waals surface area (Å²) >= 11 is 0. The Morgan fingerprint density at radius 2 is 2.16 bits per heavy atom. The summed E-state index contributed by atoms with van der Waals surface area (Å²) in [6.07, 6.45) is 1.57. The molecule has 102 valence electrons. The lowest BCUT2D eigenvalue weighted by Gasteiger charge is -2.08. The molecule has 0 aliphatic heterocycles. The van der Waals surface area contributed by atoms with Crippen molar-refractivity contribution in [3.63, 3.8) is 0 Å². The second-order valence-electron chi connectivity index (χ2n) is 3.95. The van der Waals surface area contributed by atoms with Gasteiger partial charge in [0.15, 0.2) is 0 Å². The minimum Gasteiger partial charge on any atom is -0.396 e. The number of hydrogen-bond donors (Lipinski definition) is 2. The lowest BCUT2D eigenvalue weighted by atomic mass is 10.3. The van der Waals surface area contributed by atoms with E-state index in [4.69, 9.17) is 5.73 Å². The average Bonchev–Trinajstić information content (AvgIpc) is 2.76. The van der Waals surface area contributed by atoms with E-state index in [2.05, 4.69) is 9.82 Å². The van der Waals surface area contributed by atoms with Crippen molar-refractivity contribution in [2.45, 2.75) is 11.4 Å². The number of anilines is 1. The molecule has 0 unspecified atom stereocenters. The van der Waals surface area contributed by atoms with Crippen LogP contribution in [-0.4, -0.2) is 18.2 Å². The Kier molecular flexibility index (Phi) is 3.54. The molecule has 0 bridgehead atoms. The van der Waals surface area contributed by atoms with Gasteiger partial charge < -0.3 is 5.73 Å². The number of aromatic nitrogens is 2. The highest BCUT2D eigenvalue weighted by Gasteiger charge is 2.15. The molecule has 1 aromatic carbocycles. The predicted molar refractivity (Wildman–Crippen MR) is 68.0 cm³/mol. The van der Waals surface area contributed by atoms with Crippen molar-refractivity contribution in [1.29, 1.82) is 0 Å². The summed E-state index contributed by atoms with van der Waals surface area (Å²) in [6, 6.07) is 4.97. The molecule has 19 heavy (non-hydrogen) atoms. The molecule has 2 aromatic rings. The van der Waals surface area contributed by atoms with Crippen LogP contribution in [0.1, 0.15) is 5.69 Å². The molecular formula is C11H13FN4O2S. The predicted octanol–water partition coefficient (Wildman–Crippen LogP) is 0.620. The summed E-state index contributed by atoms with van der Waals surface area (Å²) in [5.74, 6) is -0.648. The third-order valence-electron chi connectivity index (χ3n) is 2.64. The first-order valence-corrected chi connectivity index (χ1v) is 6.90. The van der Waals surface area contributed by atoms with Gasteiger partial charge in [0.05, 0.1) is 22.8 Å². The molecule has 2 rings (SSSR count). The SMILES string of the molecule is Cn1nccc1CNS(=O)(=O)c1ccc(F)c(N)c1. The zero-order chi connectivity index (χ0) is 14.0. The minimum atomic E-state index is -3.73. The van der Waals surface area contributed by atoms with Gasteiger partial charge in [-0.2, -0.15) is 5.10 Å². The van der Waals surface area contributed by atoms with Crippen molar-refractivity contribution in [3.05, 3.63) is 42.0 Å². The van der Waals surface area contributed by atoms with Crippen LogP contribution in [-0.2, 0) is 23.6 Å². The first-order chi connectivity index (χ1) is 8.90. The number of sulfonamides is 1. The molecule has 0 fully saturated rings. The molecule has 0 atom stereocenters. The molecule has 3 N–H and O–H groups in total. The lowest BCUT2D eigenvalue weighted by molar-refractivity contribution is 0.576. The molecule has 8 heteroatoms. The van der Waals surface area contributed by atoms with Crippen LogP contribution < -0.4 is 10.5 Å². The highest BCUT2D eigenvalue weighted by Crippen LogP contribution is 2.16. The van der Waals surface area contributed by atoms with Gasteiger partial charge in [0.1, 0.15) is 5.82 Å². The van der Waals surface area contributed by atoms with Gasteiger partial charge >= 0.3 is 0 Å². The van der Waals surface area contributed by atoms with Crippen LogP contribution in [0, 0.1) is 5.82 Å². The molecule has 1 aromatic heterocycles. The molecule has 0 saturated carbocycles. The van der Waals surface area contributed by atoms with E-state index in [1.165, 1.54) is 0 Å². The number of nitrogen functional groups attached to an aromatic ring is 1. The van der Waals surface area contributed by atoms with Gasteiger partial charge in [-0.25, -0.2) is 17.5 Å². The van der Waals surface area contributed by atoms with E-state index in [0.29, 0.717) is 5.69 Å². The number of nitrogens with zero attached hydrogens (tertiary/aromatic N) is 2. The van der Waals surface area contributed by atoms with E-state index in [1.807, 2.05) is 0 Å². The van der Waals surface area contributed by atoms with Crippen molar-refractivity contribution in [3.8, 4) is 0 Å². The van der Waals surface area contributed by atoms with Crippen LogP contribution in [0.15, 0.2) is 35.4 Å². The van der Waals surface area contributed by atoms with Gasteiger partial charge in [-0.3, -0.25) is 4.68 Å². The molecule has 0 saturated heterocycles. The topological polar surface area (TPSA) is 90.0 Å². The van der Waals surface area contributed by atoms with E-state index in [1.54, 1.807) is 24.0 Å². The van der Waals surface area contributed by atoms with Crippen molar-refractivity contribution < 1.29 is 12.8 Å². The van der Waals surface area contributed by atoms with E-state index in [9.17, 15) is 12.8 Å². The van der Waals surface area contributed by atoms with Gasteiger partial charge in [0, 0.05) is 13.2 Å². The Hall–Kier alpha value is -1.93. The van der Waals surface area contributed by atoms with E-state index < -0.39 is 15.8 Å². The third kappa shape index (κ3) is 2.91. The van der Waals surface area contributed by atoms with Gasteiger partial charge in [-0.15, -0.1) is 0 Å². The summed E-state index contributed by atoms with van der Waals surface area (Å²) < 4.78 is 40.9. The van der Waals surface area contributed by atoms with E-state index >= 15 is 0 Å². The van der Waals surface area contributed by atoms with Crippen molar-refractivity contribution in [2.24, 2.45) is 7.05 Å². The first kappa shape index (κ1) is 13.5. The quantitative estimate of drug-likeness (QED) is 0.805. The summed E-state index contributed by atoms with van der Waals surface area (Å²) in [5.41, 5.74) is 5.85. The maximum absolute atomic E-state index is 13.0. The maximum atomic E-state index is 13.0. The smallest absolute Gasteiger partial charge is 0.240 e. The first-order valence-electron chi connectivity index (χ1n) is 5.42. The average molecular weight is 284 g/mol. The standard InChI is InChI=1S/C11H13FN4O2S/c1-16-8(4-5-14-16)7-15-19(17,18)9-2-3-10(12)11(13)6-9/h2-6,15H,7,13H2,1H3. The minimum absolute atomic E-state index is 0.0754. The third-order valence-corrected chi connectivity index (χ3v) is 4.04. The highest BCUT2D eigenvalue weighted by atomic mass is 32.2. The second-order valence-corrected chi connectivity index (χ2v) is 5.72. The zero-order valence-electron chi connectivity index (χ0n) is 10.2. The van der Waals surface area contributed by atoms with Gasteiger partial charge in [0.2, 0.25) is 10.0 Å². The van der Waals surface area contributed by atoms with Gasteiger partial charge in [-0.1, -0.05) is 0 Å². The Labute approximate surface area is 110 Å². The highest BCUT2D eigenvalue weighted by molar-refractivity contribution is 7.89. The Morgan fingerprint density at radius 3 is 2.74 bits per heavy atom. The monoisotopic (exact) mass is 284 g/mol. The van der Waals surface area contributed by atoms with Gasteiger partial charge in [0.25, 0.3) is 0 Å². The Balaban J connectivity index is 2.18. The zero-order valence-corrected chi connectivity index (χ0v) is 11.0. The number of benzene rings is 1. The fourth-order valence-corrected chi connectivity index (χ4v) is 2.55. The van der Waals surface area contributed by atoms with Crippen molar-refractivity contribution in [1.82, 2.24) is 14.5 Å². The second kappa shape index (κ2) is 4.98. The number of nitrogens with one attached hydrogen (secondary N) is 1. The molecule has 1 heterocycles. The number of rotatable bonds is 4. The largest absolute Gasteiger partial charge is 0.396 e. The summed E-state index contributed by atoms with van der Waals surface area (Å²) in [4.78, 5) is -0.0754. The molecule has 0 radical (unpaired) electrons. The molecule has 6 nitrogen and oxygen atoms in total. The Morgan fingerprint density at radius 1 is 1.42 bits per heavy atom. The number of hydrogen-bond acceptors (Lipinski definition) is 4. The lowest BCUT2D eigenvalue weighted by Crippen LogP contribution is -2.24. The normalized spacial score (nSPS) is 11.7. The molecule has 0 aliphatic rings. The van der Waals surface area contributed by atoms with Gasteiger partial charge in [-0.05, 0) is 24.3 Å². The molecular weight excluding hydrogens is 271 g/mol. The number of aryl methyl sites for hydroxylation is 1. The van der Waals surface area contributed by atoms with Crippen LogP contribution in [0.4, 0.5) is 10.1 Å². The van der Waals surface area contributed by atoms with Crippen molar-refractivity contribution >= 4 is 15.7 Å². The summed E-state index contributed by atoms with van der Waals surface area (Å²) in [7, 11) is -2.02. The maximum Gasteiger partial charge on any atom is 0.240 e. The molecule has 0 aliphatic carbocycles. The number of nitrogens with two attached hydrogens (primary N) is 1. The van der Waals surface area contributed by atoms with Crippen LogP contribution in [0.3, 0.4) is 0 Å². The number of halogens is 1. The summed E-state index contributed by atoms with van der Waals surface area (Å²) in [6.45, 7) is 0.0934.